The fourth-order valence-corrected chi connectivity index (χ4v) is 2.29. The number of hydrogen-bond acceptors (Lipinski definition) is 3. The normalized spacial score (nSPS) is 12.0. The molecule has 1 atom stereocenters. The van der Waals surface area contributed by atoms with Crippen molar-refractivity contribution in [1.29, 1.82) is 0 Å². The SMILES string of the molecule is CCOc1c(CNC(C)c2ccccc2)cccc1OC. The Labute approximate surface area is 126 Å². The van der Waals surface area contributed by atoms with Crippen LogP contribution in [-0.4, -0.2) is 13.7 Å². The third kappa shape index (κ3) is 3.99. The molecule has 3 nitrogen and oxygen atoms in total. The van der Waals surface area contributed by atoms with Crippen LogP contribution >= 0.6 is 0 Å². The lowest BCUT2D eigenvalue weighted by atomic mass is 10.1. The Morgan fingerprint density at radius 2 is 1.81 bits per heavy atom. The summed E-state index contributed by atoms with van der Waals surface area (Å²) in [5.41, 5.74) is 2.39. The molecule has 0 saturated carbocycles. The molecule has 3 heteroatoms. The first kappa shape index (κ1) is 15.4. The van der Waals surface area contributed by atoms with Crippen molar-refractivity contribution in [1.82, 2.24) is 5.32 Å². The van der Waals surface area contributed by atoms with Gasteiger partial charge in [-0.2, -0.15) is 0 Å². The van der Waals surface area contributed by atoms with E-state index in [1.165, 1.54) is 5.56 Å². The molecule has 0 spiro atoms. The van der Waals surface area contributed by atoms with Crippen molar-refractivity contribution in [2.75, 3.05) is 13.7 Å². The minimum absolute atomic E-state index is 0.284. The minimum Gasteiger partial charge on any atom is -0.493 e. The number of ether oxygens (including phenoxy) is 2. The van der Waals surface area contributed by atoms with Crippen molar-refractivity contribution in [3.63, 3.8) is 0 Å². The standard InChI is InChI=1S/C18H23NO2/c1-4-21-18-16(11-8-12-17(18)20-3)13-19-14(2)15-9-6-5-7-10-15/h5-12,14,19H,4,13H2,1-3H3. The zero-order valence-electron chi connectivity index (χ0n) is 12.9. The highest BCUT2D eigenvalue weighted by Crippen LogP contribution is 2.31. The molecule has 1 unspecified atom stereocenters. The Morgan fingerprint density at radius 3 is 2.48 bits per heavy atom. The molecule has 0 saturated heterocycles. The summed E-state index contributed by atoms with van der Waals surface area (Å²) in [6.07, 6.45) is 0. The van der Waals surface area contributed by atoms with Crippen molar-refractivity contribution >= 4 is 0 Å². The summed E-state index contributed by atoms with van der Waals surface area (Å²) in [5.74, 6) is 1.61. The first-order valence-corrected chi connectivity index (χ1v) is 7.33. The van der Waals surface area contributed by atoms with E-state index in [0.717, 1.165) is 23.6 Å². The molecule has 0 fully saturated rings. The Kier molecular flexibility index (Phi) is 5.64. The van der Waals surface area contributed by atoms with Crippen LogP contribution in [0.15, 0.2) is 48.5 Å². The molecule has 0 aliphatic rings. The van der Waals surface area contributed by atoms with Gasteiger partial charge < -0.3 is 14.8 Å². The molecule has 21 heavy (non-hydrogen) atoms. The van der Waals surface area contributed by atoms with E-state index in [4.69, 9.17) is 9.47 Å². The molecule has 112 valence electrons. The van der Waals surface area contributed by atoms with Crippen molar-refractivity contribution < 1.29 is 9.47 Å². The van der Waals surface area contributed by atoms with Crippen LogP contribution in [0.5, 0.6) is 11.5 Å². The molecule has 1 N–H and O–H groups in total. The summed E-state index contributed by atoms with van der Waals surface area (Å²) in [4.78, 5) is 0. The second kappa shape index (κ2) is 7.70. The van der Waals surface area contributed by atoms with Gasteiger partial charge in [-0.15, -0.1) is 0 Å². The number of methoxy groups -OCH3 is 1. The first-order valence-electron chi connectivity index (χ1n) is 7.33. The van der Waals surface area contributed by atoms with Gasteiger partial charge in [0.25, 0.3) is 0 Å². The topological polar surface area (TPSA) is 30.5 Å². The molecular weight excluding hydrogens is 262 g/mol. The first-order chi connectivity index (χ1) is 10.3. The van der Waals surface area contributed by atoms with E-state index in [9.17, 15) is 0 Å². The zero-order valence-corrected chi connectivity index (χ0v) is 12.9. The molecule has 0 radical (unpaired) electrons. The maximum absolute atomic E-state index is 5.73. The van der Waals surface area contributed by atoms with E-state index in [1.807, 2.05) is 25.1 Å². The molecule has 2 rings (SSSR count). The van der Waals surface area contributed by atoms with Crippen molar-refractivity contribution in [3.05, 3.63) is 59.7 Å². The molecule has 0 heterocycles. The lowest BCUT2D eigenvalue weighted by Crippen LogP contribution is -2.18. The average molecular weight is 285 g/mol. The second-order valence-electron chi connectivity index (χ2n) is 4.89. The molecule has 0 amide bonds. The summed E-state index contributed by atoms with van der Waals surface area (Å²) in [7, 11) is 1.67. The van der Waals surface area contributed by atoms with Gasteiger partial charge in [0.2, 0.25) is 0 Å². The van der Waals surface area contributed by atoms with Crippen LogP contribution in [-0.2, 0) is 6.54 Å². The predicted molar refractivity (Wildman–Crippen MR) is 85.9 cm³/mol. The second-order valence-corrected chi connectivity index (χ2v) is 4.89. The van der Waals surface area contributed by atoms with Gasteiger partial charge in [-0.3, -0.25) is 0 Å². The Balaban J connectivity index is 2.09. The number of para-hydroxylation sites is 1. The highest BCUT2D eigenvalue weighted by molar-refractivity contribution is 5.46. The number of rotatable bonds is 7. The lowest BCUT2D eigenvalue weighted by molar-refractivity contribution is 0.306. The third-order valence-electron chi connectivity index (χ3n) is 3.47. The molecule has 2 aromatic rings. The van der Waals surface area contributed by atoms with Crippen LogP contribution in [0.4, 0.5) is 0 Å². The van der Waals surface area contributed by atoms with Crippen LogP contribution in [0.1, 0.15) is 31.0 Å². The van der Waals surface area contributed by atoms with Gasteiger partial charge in [0.15, 0.2) is 11.5 Å². The van der Waals surface area contributed by atoms with E-state index < -0.39 is 0 Å². The maximum atomic E-state index is 5.73. The van der Waals surface area contributed by atoms with Gasteiger partial charge in [0.05, 0.1) is 13.7 Å². The Bertz CT molecular complexity index is 554. The quantitative estimate of drug-likeness (QED) is 0.835. The number of benzene rings is 2. The summed E-state index contributed by atoms with van der Waals surface area (Å²) in [6, 6.07) is 16.7. The van der Waals surface area contributed by atoms with Crippen molar-refractivity contribution in [3.8, 4) is 11.5 Å². The summed E-state index contributed by atoms with van der Waals surface area (Å²) in [5, 5.41) is 3.53. The predicted octanol–water partition coefficient (Wildman–Crippen LogP) is 3.94. The molecule has 0 aliphatic carbocycles. The van der Waals surface area contributed by atoms with E-state index in [1.54, 1.807) is 7.11 Å². The molecule has 0 bridgehead atoms. The lowest BCUT2D eigenvalue weighted by Gasteiger charge is -2.17. The minimum atomic E-state index is 0.284. The molecule has 0 aliphatic heterocycles. The van der Waals surface area contributed by atoms with Crippen LogP contribution in [0, 0.1) is 0 Å². The Morgan fingerprint density at radius 1 is 1.05 bits per heavy atom. The third-order valence-corrected chi connectivity index (χ3v) is 3.47. The Hall–Kier alpha value is -2.00. The molecular formula is C18H23NO2. The fraction of sp³-hybridized carbons (Fsp3) is 0.333. The highest BCUT2D eigenvalue weighted by atomic mass is 16.5. The van der Waals surface area contributed by atoms with Gasteiger partial charge in [-0.25, -0.2) is 0 Å². The van der Waals surface area contributed by atoms with Crippen molar-refractivity contribution in [2.24, 2.45) is 0 Å². The smallest absolute Gasteiger partial charge is 0.165 e. The van der Waals surface area contributed by atoms with Gasteiger partial charge in [-0.1, -0.05) is 42.5 Å². The van der Waals surface area contributed by atoms with E-state index >= 15 is 0 Å². The number of nitrogens with one attached hydrogen (secondary N) is 1. The summed E-state index contributed by atoms with van der Waals surface area (Å²) < 4.78 is 11.1. The van der Waals surface area contributed by atoms with Gasteiger partial charge in [0.1, 0.15) is 0 Å². The highest BCUT2D eigenvalue weighted by Gasteiger charge is 2.11. The van der Waals surface area contributed by atoms with Gasteiger partial charge >= 0.3 is 0 Å². The van der Waals surface area contributed by atoms with Crippen LogP contribution in [0.25, 0.3) is 0 Å². The van der Waals surface area contributed by atoms with E-state index in [-0.39, 0.29) is 6.04 Å². The summed E-state index contributed by atoms with van der Waals surface area (Å²) in [6.45, 7) is 5.51. The van der Waals surface area contributed by atoms with Gasteiger partial charge in [-0.05, 0) is 25.5 Å². The number of hydrogen-bond donors (Lipinski definition) is 1. The zero-order chi connectivity index (χ0) is 15.1. The monoisotopic (exact) mass is 285 g/mol. The van der Waals surface area contributed by atoms with E-state index in [0.29, 0.717) is 6.61 Å². The molecule has 0 aromatic heterocycles. The van der Waals surface area contributed by atoms with E-state index in [2.05, 4.69) is 42.6 Å². The van der Waals surface area contributed by atoms with Crippen molar-refractivity contribution in [2.45, 2.75) is 26.4 Å². The average Bonchev–Trinajstić information content (AvgIpc) is 2.54. The fourth-order valence-electron chi connectivity index (χ4n) is 2.29. The van der Waals surface area contributed by atoms with Crippen LogP contribution < -0.4 is 14.8 Å². The van der Waals surface area contributed by atoms with Gasteiger partial charge in [0, 0.05) is 18.2 Å². The molecule has 2 aromatic carbocycles. The largest absolute Gasteiger partial charge is 0.493 e. The van der Waals surface area contributed by atoms with Crippen LogP contribution in [0.2, 0.25) is 0 Å². The van der Waals surface area contributed by atoms with Crippen LogP contribution in [0.3, 0.4) is 0 Å². The maximum Gasteiger partial charge on any atom is 0.165 e. The summed E-state index contributed by atoms with van der Waals surface area (Å²) >= 11 is 0.